The lowest BCUT2D eigenvalue weighted by Gasteiger charge is -2.30. The monoisotopic (exact) mass is 352 g/mol. The van der Waals surface area contributed by atoms with Crippen LogP contribution in [0, 0.1) is 0 Å². The molecule has 3 rings (SSSR count). The molecule has 0 aromatic heterocycles. The molecule has 25 heavy (non-hydrogen) atoms. The zero-order valence-electron chi connectivity index (χ0n) is 13.8. The van der Waals surface area contributed by atoms with Crippen LogP contribution in [0.25, 0.3) is 10.8 Å². The smallest absolute Gasteiger partial charge is 0.409 e. The predicted octanol–water partition coefficient (Wildman–Crippen LogP) is 3.97. The van der Waals surface area contributed by atoms with Crippen molar-refractivity contribution in [3.63, 3.8) is 0 Å². The third-order valence-electron chi connectivity index (χ3n) is 4.12. The van der Waals surface area contributed by atoms with Crippen LogP contribution in [-0.4, -0.2) is 30.2 Å². The summed E-state index contributed by atoms with van der Waals surface area (Å²) in [6.45, 7) is 2.56. The van der Waals surface area contributed by atoms with Gasteiger partial charge in [-0.1, -0.05) is 31.2 Å². The number of carbonyl (C=O) groups excluding carboxylic acids is 1. The zero-order chi connectivity index (χ0) is 18.0. The highest BCUT2D eigenvalue weighted by Crippen LogP contribution is 2.41. The van der Waals surface area contributed by atoms with Gasteiger partial charge in [0.2, 0.25) is 5.91 Å². The first-order chi connectivity index (χ1) is 11.9. The van der Waals surface area contributed by atoms with Crippen molar-refractivity contribution in [2.75, 3.05) is 13.2 Å². The van der Waals surface area contributed by atoms with Crippen molar-refractivity contribution in [3.8, 4) is 5.75 Å². The number of alkyl halides is 3. The first kappa shape index (κ1) is 17.5. The molecular formula is C18H19F3N2O2. The van der Waals surface area contributed by atoms with Crippen LogP contribution in [0.4, 0.5) is 13.2 Å². The van der Waals surface area contributed by atoms with E-state index in [2.05, 4.69) is 5.43 Å². The molecule has 1 amide bonds. The summed E-state index contributed by atoms with van der Waals surface area (Å²) in [6.07, 6.45) is -3.60. The van der Waals surface area contributed by atoms with Gasteiger partial charge < -0.3 is 4.74 Å². The summed E-state index contributed by atoms with van der Waals surface area (Å²) in [6, 6.07) is 7.99. The number of hydrogen-bond acceptors (Lipinski definition) is 3. The van der Waals surface area contributed by atoms with Crippen LogP contribution in [0.1, 0.15) is 31.4 Å². The molecule has 2 aromatic rings. The average molecular weight is 352 g/mol. The molecule has 0 bridgehead atoms. The van der Waals surface area contributed by atoms with Crippen LogP contribution in [0.15, 0.2) is 36.4 Å². The van der Waals surface area contributed by atoms with E-state index >= 15 is 0 Å². The van der Waals surface area contributed by atoms with E-state index in [4.69, 9.17) is 4.74 Å². The molecule has 0 spiro atoms. The van der Waals surface area contributed by atoms with Crippen molar-refractivity contribution in [3.05, 3.63) is 42.0 Å². The van der Waals surface area contributed by atoms with Crippen molar-refractivity contribution in [1.29, 1.82) is 0 Å². The first-order valence-corrected chi connectivity index (χ1v) is 8.18. The van der Waals surface area contributed by atoms with Gasteiger partial charge in [0.1, 0.15) is 5.75 Å². The number of hydrogen-bond donors (Lipinski definition) is 1. The maximum atomic E-state index is 13.7. The van der Waals surface area contributed by atoms with Gasteiger partial charge >= 0.3 is 6.18 Å². The molecule has 0 unspecified atom stereocenters. The number of amides is 1. The molecule has 7 heteroatoms. The Morgan fingerprint density at radius 2 is 2.08 bits per heavy atom. The van der Waals surface area contributed by atoms with E-state index in [1.807, 2.05) is 6.92 Å². The number of hydrazine groups is 1. The third-order valence-corrected chi connectivity index (χ3v) is 4.12. The number of benzene rings is 2. The van der Waals surface area contributed by atoms with E-state index in [9.17, 15) is 18.0 Å². The van der Waals surface area contributed by atoms with Crippen molar-refractivity contribution < 1.29 is 22.7 Å². The fourth-order valence-electron chi connectivity index (χ4n) is 3.04. The molecule has 4 nitrogen and oxygen atoms in total. The molecule has 1 saturated heterocycles. The van der Waals surface area contributed by atoms with E-state index < -0.39 is 18.1 Å². The lowest BCUT2D eigenvalue weighted by molar-refractivity contribution is -0.190. The molecule has 0 aliphatic carbocycles. The first-order valence-electron chi connectivity index (χ1n) is 8.18. The van der Waals surface area contributed by atoms with Crippen LogP contribution in [-0.2, 0) is 4.79 Å². The van der Waals surface area contributed by atoms with Gasteiger partial charge in [-0.15, -0.1) is 0 Å². The molecule has 0 saturated carbocycles. The van der Waals surface area contributed by atoms with Gasteiger partial charge in [0.25, 0.3) is 0 Å². The van der Waals surface area contributed by atoms with E-state index in [0.29, 0.717) is 23.1 Å². The minimum atomic E-state index is -4.51. The highest BCUT2D eigenvalue weighted by atomic mass is 19.4. The van der Waals surface area contributed by atoms with Gasteiger partial charge in [-0.25, -0.2) is 5.01 Å². The van der Waals surface area contributed by atoms with E-state index in [1.165, 1.54) is 6.07 Å². The lowest BCUT2D eigenvalue weighted by atomic mass is 9.97. The molecule has 1 fully saturated rings. The van der Waals surface area contributed by atoms with Crippen LogP contribution >= 0.6 is 0 Å². The van der Waals surface area contributed by atoms with Gasteiger partial charge in [-0.05, 0) is 34.9 Å². The molecule has 1 aliphatic rings. The third kappa shape index (κ3) is 3.71. The summed E-state index contributed by atoms with van der Waals surface area (Å²) in [5, 5.41) is 2.14. The average Bonchev–Trinajstić information content (AvgIpc) is 2.97. The van der Waals surface area contributed by atoms with Crippen LogP contribution in [0.2, 0.25) is 0 Å². The quantitative estimate of drug-likeness (QED) is 0.885. The fraction of sp³-hybridized carbons (Fsp3) is 0.389. The molecular weight excluding hydrogens is 333 g/mol. The number of rotatable bonds is 5. The number of carbonyl (C=O) groups is 1. The number of halogens is 3. The Kier molecular flexibility index (Phi) is 4.85. The van der Waals surface area contributed by atoms with E-state index in [0.717, 1.165) is 11.4 Å². The summed E-state index contributed by atoms with van der Waals surface area (Å²) in [5.74, 6) is 0.231. The molecule has 1 N–H and O–H groups in total. The second kappa shape index (κ2) is 6.92. The Bertz CT molecular complexity index is 776. The lowest BCUT2D eigenvalue weighted by Crippen LogP contribution is -2.43. The molecule has 134 valence electrons. The minimum Gasteiger partial charge on any atom is -0.494 e. The van der Waals surface area contributed by atoms with Crippen molar-refractivity contribution in [2.24, 2.45) is 0 Å². The highest BCUT2D eigenvalue weighted by Gasteiger charge is 2.47. The molecule has 2 aromatic carbocycles. The Hall–Kier alpha value is -2.28. The van der Waals surface area contributed by atoms with Gasteiger partial charge in [0.05, 0.1) is 6.61 Å². The van der Waals surface area contributed by atoms with Gasteiger partial charge in [0, 0.05) is 13.0 Å². The summed E-state index contributed by atoms with van der Waals surface area (Å²) >= 11 is 0. The topological polar surface area (TPSA) is 41.6 Å². The Labute approximate surface area is 143 Å². The van der Waals surface area contributed by atoms with Crippen LogP contribution in [0.5, 0.6) is 5.75 Å². The Balaban J connectivity index is 2.03. The Morgan fingerprint density at radius 3 is 2.72 bits per heavy atom. The van der Waals surface area contributed by atoms with Crippen molar-refractivity contribution in [1.82, 2.24) is 10.4 Å². The van der Waals surface area contributed by atoms with Gasteiger partial charge in [-0.2, -0.15) is 13.2 Å². The van der Waals surface area contributed by atoms with E-state index in [1.54, 1.807) is 30.3 Å². The minimum absolute atomic E-state index is 0.0249. The fourth-order valence-corrected chi connectivity index (χ4v) is 3.04. The predicted molar refractivity (Wildman–Crippen MR) is 88.0 cm³/mol. The number of fused-ring (bicyclic) bond motifs is 1. The summed E-state index contributed by atoms with van der Waals surface area (Å²) in [5.41, 5.74) is 2.43. The molecule has 1 atom stereocenters. The standard InChI is InChI=1S/C18H19F3N2O2/c1-2-10-25-13-6-7-14-12(11-13)4-3-5-15(14)17(18(19,20)21)23-9-8-16(24)22-23/h3-7,11,17H,2,8-10H2,1H3,(H,22,24)/t17-/m0/s1. The number of nitrogens with one attached hydrogen (secondary N) is 1. The number of nitrogens with zero attached hydrogens (tertiary/aromatic N) is 1. The second-order valence-electron chi connectivity index (χ2n) is 6.00. The van der Waals surface area contributed by atoms with Gasteiger partial charge in [-0.3, -0.25) is 10.2 Å². The molecule has 1 aliphatic heterocycles. The van der Waals surface area contributed by atoms with Crippen molar-refractivity contribution >= 4 is 16.7 Å². The second-order valence-corrected chi connectivity index (χ2v) is 6.00. The summed E-state index contributed by atoms with van der Waals surface area (Å²) in [4.78, 5) is 11.4. The highest BCUT2D eigenvalue weighted by molar-refractivity contribution is 5.87. The summed E-state index contributed by atoms with van der Waals surface area (Å²) < 4.78 is 46.8. The Morgan fingerprint density at radius 1 is 1.28 bits per heavy atom. The van der Waals surface area contributed by atoms with Crippen molar-refractivity contribution in [2.45, 2.75) is 32.0 Å². The van der Waals surface area contributed by atoms with Gasteiger partial charge in [0.15, 0.2) is 6.04 Å². The maximum absolute atomic E-state index is 13.7. The van der Waals surface area contributed by atoms with E-state index in [-0.39, 0.29) is 18.5 Å². The van der Waals surface area contributed by atoms with Crippen LogP contribution < -0.4 is 10.2 Å². The molecule has 1 heterocycles. The normalized spacial score (nSPS) is 16.9. The maximum Gasteiger partial charge on any atom is 0.409 e. The van der Waals surface area contributed by atoms with Crippen LogP contribution in [0.3, 0.4) is 0 Å². The SMILES string of the molecule is CCCOc1ccc2c([C@H](N3CCC(=O)N3)C(F)(F)F)cccc2c1. The summed E-state index contributed by atoms with van der Waals surface area (Å²) in [7, 11) is 0. The molecule has 0 radical (unpaired) electrons. The zero-order valence-corrected chi connectivity index (χ0v) is 13.8. The largest absolute Gasteiger partial charge is 0.494 e. The number of ether oxygens (including phenoxy) is 1.